The van der Waals surface area contributed by atoms with E-state index in [1.165, 1.54) is 11.1 Å². The van der Waals surface area contributed by atoms with Crippen LogP contribution >= 0.6 is 46.4 Å². The minimum Gasteiger partial charge on any atom is -0.330 e. The normalized spacial score (nSPS) is 23.2. The van der Waals surface area contributed by atoms with E-state index in [2.05, 4.69) is 92.9 Å². The molecule has 8 rings (SSSR count). The number of hydrogen-bond donors (Lipinski definition) is 1. The third-order valence-corrected chi connectivity index (χ3v) is 16.7. The molecule has 4 fully saturated rings. The number of rotatable bonds is 20. The Morgan fingerprint density at radius 1 is 0.542 bits per heavy atom. The summed E-state index contributed by atoms with van der Waals surface area (Å²) >= 11 is 24.5. The average Bonchev–Trinajstić information content (AvgIpc) is 3.96. The van der Waals surface area contributed by atoms with Crippen LogP contribution in [0.15, 0.2) is 97.1 Å². The Labute approximate surface area is 449 Å². The lowest BCUT2D eigenvalue weighted by molar-refractivity contribution is -0.151. The van der Waals surface area contributed by atoms with E-state index in [0.717, 1.165) is 56.3 Å². The van der Waals surface area contributed by atoms with E-state index < -0.39 is 6.04 Å². The molecule has 4 aliphatic rings. The van der Waals surface area contributed by atoms with Crippen molar-refractivity contribution < 1.29 is 19.2 Å². The first-order chi connectivity index (χ1) is 34.4. The SMILES string of the molecule is CC(C)C[C@H](C(=O)CCc1ccc(Cl)c(Cl)c1)N1CC(CCc2ccccc2)N2C[C@H](C)C[C@H]2C1=O.CC(C)C[C@H](C(=O)CCc1ccc(Cl)c(Cl)c1)N1CC(CCc2ccccc2)N2C[C@H](N)C[C@H]2C1=O. The molecule has 72 heavy (non-hydrogen) atoms. The summed E-state index contributed by atoms with van der Waals surface area (Å²) in [5, 5.41) is 2.01. The van der Waals surface area contributed by atoms with Crippen molar-refractivity contribution >= 4 is 69.8 Å². The molecule has 4 aromatic carbocycles. The number of carbonyl (C=O) groups is 4. The highest BCUT2D eigenvalue weighted by atomic mass is 35.5. The number of ketones is 2. The first-order valence-corrected chi connectivity index (χ1v) is 27.9. The average molecular weight is 1060 g/mol. The first-order valence-electron chi connectivity index (χ1n) is 26.3. The van der Waals surface area contributed by atoms with Crippen LogP contribution in [0.1, 0.15) is 108 Å². The second-order valence-electron chi connectivity index (χ2n) is 21.8. The zero-order valence-corrected chi connectivity index (χ0v) is 45.9. The van der Waals surface area contributed by atoms with Gasteiger partial charge < -0.3 is 15.5 Å². The molecule has 2 unspecified atom stereocenters. The Morgan fingerprint density at radius 3 is 1.38 bits per heavy atom. The predicted molar refractivity (Wildman–Crippen MR) is 294 cm³/mol. The molecule has 388 valence electrons. The number of carbonyl (C=O) groups excluding carboxylic acids is 4. The number of fused-ring (bicyclic) bond motifs is 2. The second-order valence-corrected chi connectivity index (χ2v) is 23.4. The molecule has 4 aliphatic heterocycles. The number of benzene rings is 4. The van der Waals surface area contributed by atoms with Gasteiger partial charge in [-0.1, -0.05) is 154 Å². The molecule has 4 aromatic rings. The zero-order valence-electron chi connectivity index (χ0n) is 42.8. The summed E-state index contributed by atoms with van der Waals surface area (Å²) in [5.74, 6) is 1.57. The maximum Gasteiger partial charge on any atom is 0.240 e. The maximum atomic E-state index is 13.8. The molecule has 0 aromatic heterocycles. The van der Waals surface area contributed by atoms with Gasteiger partial charge in [-0.2, -0.15) is 0 Å². The number of nitrogens with two attached hydrogens (primary N) is 1. The summed E-state index contributed by atoms with van der Waals surface area (Å²) in [4.78, 5) is 63.3. The summed E-state index contributed by atoms with van der Waals surface area (Å²) in [6.45, 7) is 13.6. The fourth-order valence-corrected chi connectivity index (χ4v) is 12.2. The van der Waals surface area contributed by atoms with Gasteiger partial charge in [0, 0.05) is 57.1 Å². The molecule has 4 heterocycles. The Bertz CT molecular complexity index is 2290. The fraction of sp³-hybridized carbons (Fsp3) is 0.525. The van der Waals surface area contributed by atoms with Crippen molar-refractivity contribution in [2.45, 2.75) is 154 Å². The standard InChI is InChI=1S/C30H38Cl2N2O2.C29H37Cl2N3O2/c1-20(2)15-27(29(35)14-11-23-10-13-25(31)26(32)17-23)34-19-24(12-9-22-7-5-4-6-8-22)33-18-21(3)16-28(33)30(34)36;1-19(2)14-26(28(35)13-10-21-9-12-24(30)25(31)15-21)34-18-23(11-8-20-6-4-3-5-7-20)33-17-22(32)16-27(33)29(34)36/h4-8,10,13,17,20-21,24,27-28H,9,11-12,14-16,18-19H2,1-3H3;3-7,9,12,15,19,22-23,26-27H,8,10-11,13-14,16-18,32H2,1-2H3/t21-,24?,27-,28+;22-,23?,26-,27+/m11/s1. The van der Waals surface area contributed by atoms with Gasteiger partial charge in [0.2, 0.25) is 11.8 Å². The molecule has 2 N–H and O–H groups in total. The summed E-state index contributed by atoms with van der Waals surface area (Å²) in [6.07, 6.45) is 8.64. The highest BCUT2D eigenvalue weighted by Gasteiger charge is 2.49. The molecule has 0 bridgehead atoms. The number of piperazine rings is 2. The van der Waals surface area contributed by atoms with Crippen LogP contribution in [0.3, 0.4) is 0 Å². The van der Waals surface area contributed by atoms with Gasteiger partial charge in [0.25, 0.3) is 0 Å². The van der Waals surface area contributed by atoms with Crippen molar-refractivity contribution in [3.8, 4) is 0 Å². The molecule has 8 atom stereocenters. The van der Waals surface area contributed by atoms with Crippen molar-refractivity contribution in [2.24, 2.45) is 23.5 Å². The monoisotopic (exact) mass is 1060 g/mol. The van der Waals surface area contributed by atoms with Gasteiger partial charge in [0.1, 0.15) is 0 Å². The molecule has 4 saturated heterocycles. The van der Waals surface area contributed by atoms with E-state index in [4.69, 9.17) is 52.1 Å². The van der Waals surface area contributed by atoms with Gasteiger partial charge >= 0.3 is 0 Å². The summed E-state index contributed by atoms with van der Waals surface area (Å²) in [6, 6.07) is 31.3. The molecule has 2 amide bonds. The summed E-state index contributed by atoms with van der Waals surface area (Å²) < 4.78 is 0. The third kappa shape index (κ3) is 14.7. The number of nitrogens with zero attached hydrogens (tertiary/aromatic N) is 4. The molecular weight excluding hydrogens is 984 g/mol. The zero-order chi connectivity index (χ0) is 51.6. The van der Waals surface area contributed by atoms with Gasteiger partial charge in [-0.05, 0) is 128 Å². The minimum atomic E-state index is -0.418. The van der Waals surface area contributed by atoms with E-state index in [9.17, 15) is 19.2 Å². The van der Waals surface area contributed by atoms with Gasteiger partial charge in [0.15, 0.2) is 11.6 Å². The largest absolute Gasteiger partial charge is 0.330 e. The van der Waals surface area contributed by atoms with Crippen LogP contribution in [0.2, 0.25) is 20.1 Å². The summed E-state index contributed by atoms with van der Waals surface area (Å²) in [5.41, 5.74) is 10.9. The van der Waals surface area contributed by atoms with Crippen molar-refractivity contribution in [1.82, 2.24) is 19.6 Å². The van der Waals surface area contributed by atoms with Gasteiger partial charge in [0.05, 0.1) is 44.3 Å². The molecule has 0 radical (unpaired) electrons. The Kier molecular flexibility index (Phi) is 20.3. The van der Waals surface area contributed by atoms with E-state index >= 15 is 0 Å². The number of halogens is 4. The molecule has 0 aliphatic carbocycles. The molecular formula is C59H75Cl4N5O4. The van der Waals surface area contributed by atoms with E-state index in [-0.39, 0.29) is 59.6 Å². The maximum absolute atomic E-state index is 13.8. The predicted octanol–water partition coefficient (Wildman–Crippen LogP) is 11.6. The number of amides is 2. The number of hydrogen-bond acceptors (Lipinski definition) is 7. The third-order valence-electron chi connectivity index (χ3n) is 15.2. The van der Waals surface area contributed by atoms with Crippen LogP contribution in [0.25, 0.3) is 0 Å². The van der Waals surface area contributed by atoms with E-state index in [1.807, 2.05) is 46.2 Å². The van der Waals surface area contributed by atoms with Crippen molar-refractivity contribution in [2.75, 3.05) is 26.2 Å². The van der Waals surface area contributed by atoms with Crippen LogP contribution in [-0.2, 0) is 44.9 Å². The second kappa shape index (κ2) is 26.1. The van der Waals surface area contributed by atoms with Crippen molar-refractivity contribution in [3.63, 3.8) is 0 Å². The molecule has 0 saturated carbocycles. The van der Waals surface area contributed by atoms with Crippen LogP contribution in [0, 0.1) is 17.8 Å². The van der Waals surface area contributed by atoms with Crippen molar-refractivity contribution in [3.05, 3.63) is 139 Å². The van der Waals surface area contributed by atoms with Crippen LogP contribution < -0.4 is 5.73 Å². The fourth-order valence-electron chi connectivity index (χ4n) is 11.5. The molecule has 9 nitrogen and oxygen atoms in total. The Morgan fingerprint density at radius 2 is 0.958 bits per heavy atom. The molecule has 13 heteroatoms. The molecule has 0 spiro atoms. The van der Waals surface area contributed by atoms with Gasteiger partial charge in [-0.15, -0.1) is 0 Å². The quantitative estimate of drug-likeness (QED) is 0.0939. The highest BCUT2D eigenvalue weighted by molar-refractivity contribution is 6.42. The lowest BCUT2D eigenvalue weighted by atomic mass is 9.91. The summed E-state index contributed by atoms with van der Waals surface area (Å²) in [7, 11) is 0. The Balaban J connectivity index is 0.000000211. The van der Waals surface area contributed by atoms with E-state index in [1.54, 1.807) is 12.1 Å². The lowest BCUT2D eigenvalue weighted by Crippen LogP contribution is -2.63. The van der Waals surface area contributed by atoms with Crippen LogP contribution in [-0.4, -0.2) is 111 Å². The minimum absolute atomic E-state index is 0.00738. The number of Topliss-reactive ketones (excluding diaryl/α,β-unsaturated/α-hetero) is 2. The van der Waals surface area contributed by atoms with Gasteiger partial charge in [-0.25, -0.2) is 0 Å². The first kappa shape index (κ1) is 55.9. The van der Waals surface area contributed by atoms with E-state index in [0.29, 0.717) is 95.9 Å². The smallest absolute Gasteiger partial charge is 0.240 e. The number of aryl methyl sites for hydroxylation is 4. The van der Waals surface area contributed by atoms with Crippen LogP contribution in [0.4, 0.5) is 0 Å². The van der Waals surface area contributed by atoms with Gasteiger partial charge in [-0.3, -0.25) is 29.0 Å². The van der Waals surface area contributed by atoms with Crippen LogP contribution in [0.5, 0.6) is 0 Å². The van der Waals surface area contributed by atoms with Crippen molar-refractivity contribution in [1.29, 1.82) is 0 Å². The topological polar surface area (TPSA) is 107 Å². The highest BCUT2D eigenvalue weighted by Crippen LogP contribution is 2.36. The lowest BCUT2D eigenvalue weighted by Gasteiger charge is -2.46. The Hall–Kier alpha value is -3.80.